The Labute approximate surface area is 183 Å². The largest absolute Gasteiger partial charge is 0.491 e. The number of ketones is 1. The number of amides is 1. The lowest BCUT2D eigenvalue weighted by atomic mass is 10.0. The number of anilines is 1. The van der Waals surface area contributed by atoms with Gasteiger partial charge in [-0.15, -0.1) is 0 Å². The molecule has 0 aliphatic carbocycles. The van der Waals surface area contributed by atoms with Crippen LogP contribution < -0.4 is 10.1 Å². The minimum atomic E-state index is -0.278. The van der Waals surface area contributed by atoms with Crippen LogP contribution in [-0.2, 0) is 0 Å². The maximum absolute atomic E-state index is 12.9. The van der Waals surface area contributed by atoms with Crippen LogP contribution in [0.3, 0.4) is 0 Å². The lowest BCUT2D eigenvalue weighted by molar-refractivity contribution is 0.102. The highest BCUT2D eigenvalue weighted by Crippen LogP contribution is 2.27. The van der Waals surface area contributed by atoms with Crippen molar-refractivity contribution in [2.45, 2.75) is 20.0 Å². The fourth-order valence-electron chi connectivity index (χ4n) is 2.73. The minimum absolute atomic E-state index is 0.0616. The standard InChI is InChI=1S/C23H19BrClNO3/c1-14(2)29-17-10-7-15(8-11-17)23(28)26-16-9-12-20(24)19(13-16)22(27)18-5-3-4-6-21(18)25/h3-14H,1-2H3,(H,26,28). The molecule has 1 amide bonds. The van der Waals surface area contributed by atoms with E-state index in [2.05, 4.69) is 21.2 Å². The molecule has 0 unspecified atom stereocenters. The molecule has 0 aliphatic heterocycles. The van der Waals surface area contributed by atoms with E-state index in [1.54, 1.807) is 66.7 Å². The van der Waals surface area contributed by atoms with Crippen LogP contribution in [0.5, 0.6) is 5.75 Å². The number of halogens is 2. The van der Waals surface area contributed by atoms with Crippen LogP contribution in [0.15, 0.2) is 71.2 Å². The van der Waals surface area contributed by atoms with Gasteiger partial charge < -0.3 is 10.1 Å². The number of ether oxygens (including phenoxy) is 1. The number of benzene rings is 3. The molecule has 0 spiro atoms. The monoisotopic (exact) mass is 471 g/mol. The van der Waals surface area contributed by atoms with Crippen molar-refractivity contribution in [3.8, 4) is 5.75 Å². The summed E-state index contributed by atoms with van der Waals surface area (Å²) in [5, 5.41) is 3.20. The van der Waals surface area contributed by atoms with Crippen LogP contribution in [0.1, 0.15) is 40.1 Å². The van der Waals surface area contributed by atoms with Crippen LogP contribution in [-0.4, -0.2) is 17.8 Å². The van der Waals surface area contributed by atoms with Gasteiger partial charge in [-0.3, -0.25) is 9.59 Å². The zero-order valence-corrected chi connectivity index (χ0v) is 18.3. The van der Waals surface area contributed by atoms with Gasteiger partial charge in [0, 0.05) is 26.9 Å². The molecular weight excluding hydrogens is 454 g/mol. The van der Waals surface area contributed by atoms with Crippen molar-refractivity contribution in [2.75, 3.05) is 5.32 Å². The molecule has 4 nitrogen and oxygen atoms in total. The van der Waals surface area contributed by atoms with Gasteiger partial charge in [0.05, 0.1) is 11.1 Å². The summed E-state index contributed by atoms with van der Waals surface area (Å²) in [4.78, 5) is 25.4. The van der Waals surface area contributed by atoms with Gasteiger partial charge in [0.2, 0.25) is 0 Å². The number of nitrogens with one attached hydrogen (secondary N) is 1. The Balaban J connectivity index is 1.80. The molecule has 29 heavy (non-hydrogen) atoms. The first-order valence-electron chi connectivity index (χ1n) is 9.02. The number of carbonyl (C=O) groups excluding carboxylic acids is 2. The summed E-state index contributed by atoms with van der Waals surface area (Å²) in [6.07, 6.45) is 0.0616. The first kappa shape index (κ1) is 21.1. The Hall–Kier alpha value is -2.63. The van der Waals surface area contributed by atoms with Crippen molar-refractivity contribution >= 4 is 44.9 Å². The Morgan fingerprint density at radius 2 is 1.66 bits per heavy atom. The Kier molecular flexibility index (Phi) is 6.72. The summed E-state index contributed by atoms with van der Waals surface area (Å²) in [5.41, 5.74) is 1.81. The minimum Gasteiger partial charge on any atom is -0.491 e. The zero-order valence-electron chi connectivity index (χ0n) is 15.9. The average molecular weight is 473 g/mol. The molecule has 3 aromatic rings. The van der Waals surface area contributed by atoms with E-state index in [1.165, 1.54) is 0 Å². The van der Waals surface area contributed by atoms with Gasteiger partial charge in [-0.05, 0) is 68.4 Å². The SMILES string of the molecule is CC(C)Oc1ccc(C(=O)Nc2ccc(Br)c(C(=O)c3ccccc3Cl)c2)cc1. The van der Waals surface area contributed by atoms with Crippen molar-refractivity contribution in [3.63, 3.8) is 0 Å². The summed E-state index contributed by atoms with van der Waals surface area (Å²) < 4.78 is 6.21. The second-order valence-electron chi connectivity index (χ2n) is 6.65. The van der Waals surface area contributed by atoms with E-state index in [9.17, 15) is 9.59 Å². The fourth-order valence-corrected chi connectivity index (χ4v) is 3.38. The van der Waals surface area contributed by atoms with Crippen LogP contribution >= 0.6 is 27.5 Å². The van der Waals surface area contributed by atoms with Crippen molar-refractivity contribution in [2.24, 2.45) is 0 Å². The highest BCUT2D eigenvalue weighted by atomic mass is 79.9. The average Bonchev–Trinajstić information content (AvgIpc) is 2.69. The molecule has 0 bridgehead atoms. The highest BCUT2D eigenvalue weighted by molar-refractivity contribution is 9.10. The molecule has 6 heteroatoms. The van der Waals surface area contributed by atoms with E-state index in [0.717, 1.165) is 0 Å². The molecule has 3 aromatic carbocycles. The van der Waals surface area contributed by atoms with E-state index in [0.29, 0.717) is 37.6 Å². The normalized spacial score (nSPS) is 10.7. The Morgan fingerprint density at radius 3 is 2.31 bits per heavy atom. The molecule has 1 N–H and O–H groups in total. The van der Waals surface area contributed by atoms with Gasteiger partial charge in [-0.25, -0.2) is 0 Å². The summed E-state index contributed by atoms with van der Waals surface area (Å²) in [6, 6.07) is 18.8. The molecule has 0 aliphatic rings. The second-order valence-corrected chi connectivity index (χ2v) is 7.91. The molecule has 0 saturated carbocycles. The Morgan fingerprint density at radius 1 is 0.966 bits per heavy atom. The van der Waals surface area contributed by atoms with Crippen LogP contribution in [0.25, 0.3) is 0 Å². The lowest BCUT2D eigenvalue weighted by Crippen LogP contribution is -2.13. The molecular formula is C23H19BrClNO3. The predicted molar refractivity (Wildman–Crippen MR) is 119 cm³/mol. The molecule has 0 radical (unpaired) electrons. The van der Waals surface area contributed by atoms with Gasteiger partial charge in [0.15, 0.2) is 5.78 Å². The third-order valence-corrected chi connectivity index (χ3v) is 5.10. The first-order valence-corrected chi connectivity index (χ1v) is 10.2. The molecule has 3 rings (SSSR count). The van der Waals surface area contributed by atoms with Crippen molar-refractivity contribution in [3.05, 3.63) is 92.9 Å². The quantitative estimate of drug-likeness (QED) is 0.424. The van der Waals surface area contributed by atoms with E-state index in [-0.39, 0.29) is 17.8 Å². The smallest absolute Gasteiger partial charge is 0.255 e. The van der Waals surface area contributed by atoms with Gasteiger partial charge in [0.25, 0.3) is 5.91 Å². The van der Waals surface area contributed by atoms with Crippen molar-refractivity contribution in [1.29, 1.82) is 0 Å². The molecule has 0 atom stereocenters. The molecule has 0 saturated heterocycles. The summed E-state index contributed by atoms with van der Waals surface area (Å²) in [6.45, 7) is 3.88. The van der Waals surface area contributed by atoms with Gasteiger partial charge in [0.1, 0.15) is 5.75 Å². The Bertz CT molecular complexity index is 1050. The van der Waals surface area contributed by atoms with E-state index >= 15 is 0 Å². The van der Waals surface area contributed by atoms with Crippen LogP contribution in [0, 0.1) is 0 Å². The topological polar surface area (TPSA) is 55.4 Å². The third kappa shape index (κ3) is 5.25. The summed E-state index contributed by atoms with van der Waals surface area (Å²) >= 11 is 9.55. The number of hydrogen-bond donors (Lipinski definition) is 1. The third-order valence-electron chi connectivity index (χ3n) is 4.08. The van der Waals surface area contributed by atoms with E-state index in [4.69, 9.17) is 16.3 Å². The number of carbonyl (C=O) groups is 2. The van der Waals surface area contributed by atoms with E-state index in [1.807, 2.05) is 13.8 Å². The maximum atomic E-state index is 12.9. The maximum Gasteiger partial charge on any atom is 0.255 e. The molecule has 0 heterocycles. The molecule has 148 valence electrons. The van der Waals surface area contributed by atoms with E-state index < -0.39 is 0 Å². The summed E-state index contributed by atoms with van der Waals surface area (Å²) in [5.74, 6) is 0.195. The van der Waals surface area contributed by atoms with Gasteiger partial charge >= 0.3 is 0 Å². The zero-order chi connectivity index (χ0) is 21.0. The van der Waals surface area contributed by atoms with Gasteiger partial charge in [-0.1, -0.05) is 39.7 Å². The van der Waals surface area contributed by atoms with Crippen molar-refractivity contribution < 1.29 is 14.3 Å². The first-order chi connectivity index (χ1) is 13.8. The van der Waals surface area contributed by atoms with Crippen LogP contribution in [0.2, 0.25) is 5.02 Å². The van der Waals surface area contributed by atoms with Crippen LogP contribution in [0.4, 0.5) is 5.69 Å². The van der Waals surface area contributed by atoms with Crippen molar-refractivity contribution in [1.82, 2.24) is 0 Å². The highest BCUT2D eigenvalue weighted by Gasteiger charge is 2.17. The predicted octanol–water partition coefficient (Wildman–Crippen LogP) is 6.37. The second kappa shape index (κ2) is 9.25. The van der Waals surface area contributed by atoms with Gasteiger partial charge in [-0.2, -0.15) is 0 Å². The molecule has 0 aromatic heterocycles. The molecule has 0 fully saturated rings. The number of hydrogen-bond acceptors (Lipinski definition) is 3. The summed E-state index contributed by atoms with van der Waals surface area (Å²) in [7, 11) is 0. The lowest BCUT2D eigenvalue weighted by Gasteiger charge is -2.11. The number of rotatable bonds is 6. The fraction of sp³-hybridized carbons (Fsp3) is 0.130.